The van der Waals surface area contributed by atoms with Crippen molar-refractivity contribution in [2.45, 2.75) is 38.8 Å². The van der Waals surface area contributed by atoms with Crippen LogP contribution < -0.4 is 10.1 Å². The molecule has 0 aromatic carbocycles. The highest BCUT2D eigenvalue weighted by Gasteiger charge is 2.25. The number of hydrogen-bond donors (Lipinski definition) is 2. The molecule has 1 unspecified atom stereocenters. The Morgan fingerprint density at radius 3 is 2.62 bits per heavy atom. The molecule has 1 rings (SSSR count). The average Bonchev–Trinajstić information content (AvgIpc) is 2.36. The second kappa shape index (κ2) is 6.92. The van der Waals surface area contributed by atoms with Gasteiger partial charge >= 0.3 is 12.1 Å². The molecule has 0 radical (unpaired) electrons. The smallest absolute Gasteiger partial charge is 0.408 e. The largest absolute Gasteiger partial charge is 0.495 e. The topological polar surface area (TPSA) is 97.8 Å². The zero-order chi connectivity index (χ0) is 16.0. The highest BCUT2D eigenvalue weighted by Crippen LogP contribution is 2.18. The van der Waals surface area contributed by atoms with Gasteiger partial charge in [-0.25, -0.2) is 9.59 Å². The summed E-state index contributed by atoms with van der Waals surface area (Å²) in [5.41, 5.74) is -0.0578. The summed E-state index contributed by atoms with van der Waals surface area (Å²) < 4.78 is 10.2. The molecule has 7 heteroatoms. The van der Waals surface area contributed by atoms with Gasteiger partial charge in [0, 0.05) is 12.6 Å². The molecule has 0 aliphatic heterocycles. The highest BCUT2D eigenvalue weighted by molar-refractivity contribution is 5.80. The first kappa shape index (κ1) is 16.7. The molecule has 0 aliphatic carbocycles. The number of rotatable bonds is 5. The van der Waals surface area contributed by atoms with Gasteiger partial charge < -0.3 is 19.9 Å². The first-order valence-corrected chi connectivity index (χ1v) is 6.42. The van der Waals surface area contributed by atoms with Crippen molar-refractivity contribution in [1.29, 1.82) is 0 Å². The van der Waals surface area contributed by atoms with Crippen molar-refractivity contribution in [2.75, 3.05) is 7.11 Å². The predicted molar refractivity (Wildman–Crippen MR) is 75.3 cm³/mol. The van der Waals surface area contributed by atoms with E-state index in [2.05, 4.69) is 10.3 Å². The Labute approximate surface area is 123 Å². The van der Waals surface area contributed by atoms with Crippen LogP contribution in [0.4, 0.5) is 4.79 Å². The van der Waals surface area contributed by atoms with E-state index in [0.29, 0.717) is 11.3 Å². The number of nitrogens with one attached hydrogen (secondary N) is 1. The van der Waals surface area contributed by atoms with Crippen molar-refractivity contribution in [2.24, 2.45) is 0 Å². The minimum atomic E-state index is -1.15. The highest BCUT2D eigenvalue weighted by atomic mass is 16.6. The van der Waals surface area contributed by atoms with Crippen LogP contribution in [0, 0.1) is 0 Å². The van der Waals surface area contributed by atoms with E-state index in [1.807, 2.05) is 0 Å². The van der Waals surface area contributed by atoms with E-state index in [1.165, 1.54) is 19.5 Å². The van der Waals surface area contributed by atoms with Gasteiger partial charge in [0.1, 0.15) is 17.4 Å². The minimum absolute atomic E-state index is 0.0697. The zero-order valence-corrected chi connectivity index (χ0v) is 12.5. The summed E-state index contributed by atoms with van der Waals surface area (Å²) in [5, 5.41) is 11.6. The van der Waals surface area contributed by atoms with Crippen LogP contribution in [-0.4, -0.2) is 40.9 Å². The standard InChI is InChI=1S/C14H20N2O5/c1-14(2,3)21-13(19)16-10(12(17)18)7-9-5-6-15-8-11(9)20-4/h5-6,8,10H,7H2,1-4H3,(H,16,19)(H,17,18). The molecule has 0 saturated carbocycles. The quantitative estimate of drug-likeness (QED) is 0.856. The Bertz CT molecular complexity index is 510. The number of carboxylic acids is 1. The fraction of sp³-hybridized carbons (Fsp3) is 0.500. The molecule has 1 amide bonds. The number of alkyl carbamates (subject to hydrolysis) is 1. The Morgan fingerprint density at radius 2 is 2.10 bits per heavy atom. The molecule has 1 heterocycles. The number of carboxylic acid groups (broad SMARTS) is 1. The van der Waals surface area contributed by atoms with Gasteiger partial charge in [0.15, 0.2) is 0 Å². The van der Waals surface area contributed by atoms with Crippen LogP contribution >= 0.6 is 0 Å². The molecule has 1 aromatic heterocycles. The SMILES string of the molecule is COc1cnccc1CC(NC(=O)OC(C)(C)C)C(=O)O. The van der Waals surface area contributed by atoms with Gasteiger partial charge in [-0.2, -0.15) is 0 Å². The molecule has 0 fully saturated rings. The Morgan fingerprint density at radius 1 is 1.43 bits per heavy atom. The lowest BCUT2D eigenvalue weighted by Crippen LogP contribution is -2.44. The molecule has 0 saturated heterocycles. The number of carbonyl (C=O) groups excluding carboxylic acids is 1. The van der Waals surface area contributed by atoms with Gasteiger partial charge in [-0.15, -0.1) is 0 Å². The number of amides is 1. The maximum Gasteiger partial charge on any atom is 0.408 e. The number of carbonyl (C=O) groups is 2. The number of ether oxygens (including phenoxy) is 2. The van der Waals surface area contributed by atoms with Gasteiger partial charge in [0.05, 0.1) is 13.3 Å². The summed E-state index contributed by atoms with van der Waals surface area (Å²) in [7, 11) is 1.47. The number of aliphatic carboxylic acids is 1. The number of hydrogen-bond acceptors (Lipinski definition) is 5. The Balaban J connectivity index is 2.79. The van der Waals surface area contributed by atoms with Gasteiger partial charge in [-0.1, -0.05) is 0 Å². The van der Waals surface area contributed by atoms with Crippen molar-refractivity contribution >= 4 is 12.1 Å². The first-order valence-electron chi connectivity index (χ1n) is 6.42. The first-order chi connectivity index (χ1) is 9.73. The predicted octanol–water partition coefficient (Wildman–Crippen LogP) is 1.61. The van der Waals surface area contributed by atoms with E-state index >= 15 is 0 Å². The van der Waals surface area contributed by atoms with Crippen molar-refractivity contribution in [1.82, 2.24) is 10.3 Å². The lowest BCUT2D eigenvalue weighted by molar-refractivity contribution is -0.139. The van der Waals surface area contributed by atoms with E-state index in [1.54, 1.807) is 26.8 Å². The maximum absolute atomic E-state index is 11.7. The van der Waals surface area contributed by atoms with Crippen LogP contribution in [0.25, 0.3) is 0 Å². The molecular formula is C14H20N2O5. The molecule has 0 spiro atoms. The van der Waals surface area contributed by atoms with Crippen LogP contribution in [0.15, 0.2) is 18.5 Å². The molecule has 2 N–H and O–H groups in total. The molecule has 7 nitrogen and oxygen atoms in total. The molecular weight excluding hydrogens is 276 g/mol. The van der Waals surface area contributed by atoms with Gasteiger partial charge in [-0.3, -0.25) is 4.98 Å². The van der Waals surface area contributed by atoms with E-state index in [-0.39, 0.29) is 6.42 Å². The summed E-state index contributed by atoms with van der Waals surface area (Å²) in [5.74, 6) is -0.686. The molecule has 0 aliphatic rings. The Hall–Kier alpha value is -2.31. The van der Waals surface area contributed by atoms with Crippen molar-refractivity contribution in [3.05, 3.63) is 24.0 Å². The van der Waals surface area contributed by atoms with E-state index in [4.69, 9.17) is 9.47 Å². The molecule has 21 heavy (non-hydrogen) atoms. The van der Waals surface area contributed by atoms with Crippen LogP contribution in [0.5, 0.6) is 5.75 Å². The normalized spacial score (nSPS) is 12.4. The van der Waals surface area contributed by atoms with Gasteiger partial charge in [-0.05, 0) is 32.4 Å². The Kier molecular flexibility index (Phi) is 5.52. The molecule has 1 atom stereocenters. The lowest BCUT2D eigenvalue weighted by Gasteiger charge is -2.22. The molecule has 1 aromatic rings. The number of aromatic nitrogens is 1. The van der Waals surface area contributed by atoms with Crippen molar-refractivity contribution < 1.29 is 24.2 Å². The third-order valence-corrected chi connectivity index (χ3v) is 2.50. The van der Waals surface area contributed by atoms with Crippen LogP contribution in [0.2, 0.25) is 0 Å². The molecule has 116 valence electrons. The van der Waals surface area contributed by atoms with Crippen molar-refractivity contribution in [3.63, 3.8) is 0 Å². The monoisotopic (exact) mass is 296 g/mol. The average molecular weight is 296 g/mol. The number of nitrogens with zero attached hydrogens (tertiary/aromatic N) is 1. The fourth-order valence-corrected chi connectivity index (χ4v) is 1.63. The summed E-state index contributed by atoms with van der Waals surface area (Å²) >= 11 is 0. The molecule has 0 bridgehead atoms. The van der Waals surface area contributed by atoms with Crippen LogP contribution in [0.1, 0.15) is 26.3 Å². The summed E-state index contributed by atoms with van der Waals surface area (Å²) in [6, 6.07) is 0.530. The lowest BCUT2D eigenvalue weighted by atomic mass is 10.1. The van der Waals surface area contributed by atoms with Gasteiger partial charge in [0.2, 0.25) is 0 Å². The van der Waals surface area contributed by atoms with E-state index in [9.17, 15) is 14.7 Å². The summed E-state index contributed by atoms with van der Waals surface area (Å²) in [6.07, 6.45) is 2.31. The number of pyridine rings is 1. The second-order valence-corrected chi connectivity index (χ2v) is 5.43. The van der Waals surface area contributed by atoms with E-state index in [0.717, 1.165) is 0 Å². The van der Waals surface area contributed by atoms with Crippen LogP contribution in [0.3, 0.4) is 0 Å². The summed E-state index contributed by atoms with van der Waals surface area (Å²) in [4.78, 5) is 26.8. The van der Waals surface area contributed by atoms with E-state index < -0.39 is 23.7 Å². The maximum atomic E-state index is 11.7. The second-order valence-electron chi connectivity index (χ2n) is 5.43. The van der Waals surface area contributed by atoms with Gasteiger partial charge in [0.25, 0.3) is 0 Å². The zero-order valence-electron chi connectivity index (χ0n) is 12.5. The fourth-order valence-electron chi connectivity index (χ4n) is 1.63. The third kappa shape index (κ3) is 5.68. The summed E-state index contributed by atoms with van der Waals surface area (Å²) in [6.45, 7) is 5.11. The third-order valence-electron chi connectivity index (χ3n) is 2.50. The van der Waals surface area contributed by atoms with Crippen LogP contribution in [-0.2, 0) is 16.0 Å². The van der Waals surface area contributed by atoms with Crippen molar-refractivity contribution in [3.8, 4) is 5.75 Å². The minimum Gasteiger partial charge on any atom is -0.495 e. The number of methoxy groups -OCH3 is 1.